The number of esters is 1. The van der Waals surface area contributed by atoms with E-state index >= 15 is 0 Å². The number of nitrogens with one attached hydrogen (secondary N) is 3. The van der Waals surface area contributed by atoms with Crippen molar-refractivity contribution in [2.24, 2.45) is 0 Å². The largest absolute Gasteiger partial charge is 0.467 e. The number of carbonyl (C=O) groups is 4. The van der Waals surface area contributed by atoms with E-state index in [1.807, 2.05) is 5.48 Å². The molecule has 3 amide bonds. The topological polar surface area (TPSA) is 169 Å². The highest BCUT2D eigenvalue weighted by Gasteiger charge is 2.16. The van der Waals surface area contributed by atoms with Crippen LogP contribution in [0.5, 0.6) is 0 Å². The summed E-state index contributed by atoms with van der Waals surface area (Å²) in [5.74, 6) is -1.19. The van der Waals surface area contributed by atoms with Crippen LogP contribution >= 0.6 is 0 Å². The van der Waals surface area contributed by atoms with Gasteiger partial charge in [0.05, 0.1) is 46.8 Å². The molecule has 34 heavy (non-hydrogen) atoms. The molecule has 0 aliphatic heterocycles. The molecule has 3 N–H and O–H groups in total. The van der Waals surface area contributed by atoms with Crippen LogP contribution in [0, 0.1) is 0 Å². The van der Waals surface area contributed by atoms with Crippen LogP contribution < -0.4 is 16.1 Å². The first-order chi connectivity index (χ1) is 16.1. The maximum Gasteiger partial charge on any atom is 0.431 e. The molecule has 0 spiro atoms. The summed E-state index contributed by atoms with van der Waals surface area (Å²) in [4.78, 5) is 50.0. The Labute approximate surface area is 199 Å². The minimum absolute atomic E-state index is 0.121. The molecular formula is C20H37N3O11. The number of rotatable bonds is 19. The van der Waals surface area contributed by atoms with Gasteiger partial charge in [-0.3, -0.25) is 14.4 Å². The normalized spacial score (nSPS) is 10.9. The van der Waals surface area contributed by atoms with E-state index in [1.165, 1.54) is 7.11 Å². The van der Waals surface area contributed by atoms with E-state index in [4.69, 9.17) is 28.5 Å². The van der Waals surface area contributed by atoms with Crippen molar-refractivity contribution in [3.63, 3.8) is 0 Å². The average molecular weight is 496 g/mol. The van der Waals surface area contributed by atoms with Gasteiger partial charge in [-0.2, -0.15) is 5.48 Å². The van der Waals surface area contributed by atoms with Crippen molar-refractivity contribution in [1.29, 1.82) is 0 Å². The Morgan fingerprint density at radius 2 is 1.18 bits per heavy atom. The van der Waals surface area contributed by atoms with Crippen LogP contribution in [-0.2, 0) is 47.6 Å². The first kappa shape index (κ1) is 31.5. The van der Waals surface area contributed by atoms with Crippen molar-refractivity contribution in [2.45, 2.75) is 26.4 Å². The van der Waals surface area contributed by atoms with Crippen molar-refractivity contribution in [3.05, 3.63) is 0 Å². The highest BCUT2D eigenvalue weighted by atomic mass is 16.7. The van der Waals surface area contributed by atoms with Gasteiger partial charge in [-0.15, -0.1) is 0 Å². The number of ether oxygens (including phenoxy) is 6. The third-order valence-corrected chi connectivity index (χ3v) is 3.32. The van der Waals surface area contributed by atoms with E-state index in [-0.39, 0.29) is 65.3 Å². The van der Waals surface area contributed by atoms with Crippen molar-refractivity contribution in [1.82, 2.24) is 16.1 Å². The molecule has 0 aromatic carbocycles. The first-order valence-corrected chi connectivity index (χ1v) is 10.7. The van der Waals surface area contributed by atoms with Gasteiger partial charge in [0, 0.05) is 13.1 Å². The molecule has 0 atom stereocenters. The smallest absolute Gasteiger partial charge is 0.431 e. The number of carbonyl (C=O) groups excluding carboxylic acids is 4. The summed E-state index contributed by atoms with van der Waals surface area (Å²) in [5.41, 5.74) is 1.34. The number of hydroxylamine groups is 1. The van der Waals surface area contributed by atoms with Gasteiger partial charge in [-0.25, -0.2) is 9.59 Å². The fraction of sp³-hybridized carbons (Fsp3) is 0.800. The van der Waals surface area contributed by atoms with Gasteiger partial charge in [0.25, 0.3) is 0 Å². The zero-order valence-corrected chi connectivity index (χ0v) is 20.3. The number of hydrogen-bond acceptors (Lipinski definition) is 11. The lowest BCUT2D eigenvalue weighted by molar-refractivity contribution is -0.146. The van der Waals surface area contributed by atoms with Gasteiger partial charge in [-0.05, 0) is 20.8 Å². The summed E-state index contributed by atoms with van der Waals surface area (Å²) >= 11 is 0. The van der Waals surface area contributed by atoms with Crippen LogP contribution in [0.3, 0.4) is 0 Å². The Morgan fingerprint density at radius 3 is 1.71 bits per heavy atom. The molecule has 0 aliphatic rings. The first-order valence-electron chi connectivity index (χ1n) is 10.7. The lowest BCUT2D eigenvalue weighted by Crippen LogP contribution is -2.37. The minimum Gasteiger partial charge on any atom is -0.467 e. The quantitative estimate of drug-likeness (QED) is 0.113. The molecule has 0 heterocycles. The summed E-state index contributed by atoms with van der Waals surface area (Å²) in [5, 5.41) is 5.16. The van der Waals surface area contributed by atoms with E-state index in [1.54, 1.807) is 20.8 Å². The second-order valence-electron chi connectivity index (χ2n) is 7.50. The second kappa shape index (κ2) is 19.9. The molecule has 0 radical (unpaired) electrons. The summed E-state index contributed by atoms with van der Waals surface area (Å²) in [6.07, 6.45) is -0.787. The fourth-order valence-electron chi connectivity index (χ4n) is 1.91. The van der Waals surface area contributed by atoms with Crippen LogP contribution in [0.4, 0.5) is 4.79 Å². The van der Waals surface area contributed by atoms with Gasteiger partial charge >= 0.3 is 12.1 Å². The number of methoxy groups -OCH3 is 1. The van der Waals surface area contributed by atoms with E-state index in [0.717, 1.165) is 0 Å². The van der Waals surface area contributed by atoms with Crippen molar-refractivity contribution in [2.75, 3.05) is 79.7 Å². The maximum absolute atomic E-state index is 11.6. The van der Waals surface area contributed by atoms with Crippen LogP contribution in [-0.4, -0.2) is 109 Å². The molecule has 14 heteroatoms. The van der Waals surface area contributed by atoms with Gasteiger partial charge in [0.1, 0.15) is 18.8 Å². The Kier molecular flexibility index (Phi) is 18.4. The van der Waals surface area contributed by atoms with Crippen LogP contribution in [0.1, 0.15) is 20.8 Å². The molecule has 0 unspecified atom stereocenters. The Balaban J connectivity index is 3.41. The van der Waals surface area contributed by atoms with E-state index in [2.05, 4.69) is 15.4 Å². The maximum atomic E-state index is 11.6. The number of hydrogen-bond donors (Lipinski definition) is 3. The highest BCUT2D eigenvalue weighted by Crippen LogP contribution is 2.06. The Morgan fingerprint density at radius 1 is 0.676 bits per heavy atom. The standard InChI is InChI=1S/C20H37N3O11/c1-20(2,3)34-19(27)23-33-14-17(25)22-6-8-29-9-11-31-13-16(24)21-5-7-30-10-12-32-15-18(26)28-4/h5-15H2,1-4H3,(H,21,24)(H,22,25)(H,23,27). The third kappa shape index (κ3) is 22.7. The summed E-state index contributed by atoms with van der Waals surface area (Å²) in [7, 11) is 1.28. The van der Waals surface area contributed by atoms with Crippen LogP contribution in [0.25, 0.3) is 0 Å². The summed E-state index contributed by atoms with van der Waals surface area (Å²) in [6.45, 7) is 6.56. The summed E-state index contributed by atoms with van der Waals surface area (Å²) in [6, 6.07) is 0. The SMILES string of the molecule is COC(=O)COCCOCCNC(=O)COCCOCCNC(=O)CONC(=O)OC(C)(C)C. The predicted octanol–water partition coefficient (Wildman–Crippen LogP) is -1.09. The van der Waals surface area contributed by atoms with E-state index in [0.29, 0.717) is 13.2 Å². The Hall–Kier alpha value is -2.52. The number of amides is 3. The molecule has 0 fully saturated rings. The molecule has 0 saturated carbocycles. The molecular weight excluding hydrogens is 458 g/mol. The van der Waals surface area contributed by atoms with Crippen LogP contribution in [0.2, 0.25) is 0 Å². The lowest BCUT2D eigenvalue weighted by Gasteiger charge is -2.19. The molecule has 14 nitrogen and oxygen atoms in total. The lowest BCUT2D eigenvalue weighted by atomic mass is 10.2. The second-order valence-corrected chi connectivity index (χ2v) is 7.50. The molecule has 0 bridgehead atoms. The Bertz CT molecular complexity index is 597. The third-order valence-electron chi connectivity index (χ3n) is 3.32. The molecule has 0 saturated heterocycles. The van der Waals surface area contributed by atoms with Crippen molar-refractivity contribution < 1.29 is 52.4 Å². The molecule has 0 aromatic rings. The monoisotopic (exact) mass is 495 g/mol. The van der Waals surface area contributed by atoms with Gasteiger partial charge in [0.15, 0.2) is 6.61 Å². The van der Waals surface area contributed by atoms with E-state index in [9.17, 15) is 19.2 Å². The average Bonchev–Trinajstić information content (AvgIpc) is 2.75. The summed E-state index contributed by atoms with van der Waals surface area (Å²) < 4.78 is 30.0. The zero-order valence-electron chi connectivity index (χ0n) is 20.3. The minimum atomic E-state index is -0.787. The fourth-order valence-corrected chi connectivity index (χ4v) is 1.91. The van der Waals surface area contributed by atoms with Gasteiger partial charge < -0.3 is 39.1 Å². The predicted molar refractivity (Wildman–Crippen MR) is 117 cm³/mol. The van der Waals surface area contributed by atoms with E-state index < -0.39 is 23.6 Å². The van der Waals surface area contributed by atoms with Crippen molar-refractivity contribution in [3.8, 4) is 0 Å². The van der Waals surface area contributed by atoms with Crippen LogP contribution in [0.15, 0.2) is 0 Å². The zero-order chi connectivity index (χ0) is 25.7. The molecule has 0 rings (SSSR count). The molecule has 0 aliphatic carbocycles. The molecule has 198 valence electrons. The highest BCUT2D eigenvalue weighted by molar-refractivity contribution is 5.77. The van der Waals surface area contributed by atoms with Gasteiger partial charge in [0.2, 0.25) is 11.8 Å². The van der Waals surface area contributed by atoms with Gasteiger partial charge in [-0.1, -0.05) is 0 Å². The van der Waals surface area contributed by atoms with Crippen molar-refractivity contribution >= 4 is 23.9 Å². The molecule has 0 aromatic heterocycles.